The zero-order chi connectivity index (χ0) is 18.5. The third-order valence-electron chi connectivity index (χ3n) is 3.34. The number of carbonyl (C=O) groups is 1. The van der Waals surface area contributed by atoms with Crippen LogP contribution in [0.3, 0.4) is 0 Å². The topological polar surface area (TPSA) is 60.5 Å². The van der Waals surface area contributed by atoms with Crippen molar-refractivity contribution < 1.29 is 23.0 Å². The van der Waals surface area contributed by atoms with Crippen molar-refractivity contribution >= 4 is 22.2 Å². The van der Waals surface area contributed by atoms with Crippen LogP contribution >= 0.6 is 11.3 Å². The zero-order valence-corrected chi connectivity index (χ0v) is 14.5. The highest BCUT2D eigenvalue weighted by atomic mass is 32.1. The Hall–Kier alpha value is -3.00. The van der Waals surface area contributed by atoms with Crippen LogP contribution in [0, 0.1) is 11.6 Å². The van der Waals surface area contributed by atoms with Crippen LogP contribution in [-0.2, 0) is 4.79 Å². The molecule has 0 atom stereocenters. The Balaban J connectivity index is 1.60. The molecule has 5 nitrogen and oxygen atoms in total. The van der Waals surface area contributed by atoms with Crippen molar-refractivity contribution in [1.29, 1.82) is 0 Å². The van der Waals surface area contributed by atoms with Crippen LogP contribution in [0.25, 0.3) is 10.6 Å². The first-order chi connectivity index (χ1) is 12.5. The molecule has 134 valence electrons. The number of hydrogen-bond donors (Lipinski definition) is 1. The average molecular weight is 376 g/mol. The maximum absolute atomic E-state index is 13.8. The van der Waals surface area contributed by atoms with Crippen molar-refractivity contribution in [3.8, 4) is 22.1 Å². The molecule has 0 fully saturated rings. The largest absolute Gasteiger partial charge is 0.497 e. The van der Waals surface area contributed by atoms with Gasteiger partial charge in [0.25, 0.3) is 5.91 Å². The van der Waals surface area contributed by atoms with Crippen molar-refractivity contribution in [2.45, 2.75) is 0 Å². The maximum atomic E-state index is 13.8. The summed E-state index contributed by atoms with van der Waals surface area (Å²) in [5, 5.41) is 3.40. The van der Waals surface area contributed by atoms with Crippen LogP contribution in [0.2, 0.25) is 0 Å². The Labute approximate surface area is 152 Å². The van der Waals surface area contributed by atoms with E-state index in [-0.39, 0.29) is 18.1 Å². The Kier molecular flexibility index (Phi) is 5.43. The SMILES string of the molecule is COc1cccc(OCC(=O)Nc2cnc(-c3ccc(F)cc3F)s2)c1. The van der Waals surface area contributed by atoms with E-state index in [1.165, 1.54) is 19.4 Å². The fourth-order valence-corrected chi connectivity index (χ4v) is 2.99. The zero-order valence-electron chi connectivity index (χ0n) is 13.7. The molecule has 0 aliphatic carbocycles. The van der Waals surface area contributed by atoms with Crippen LogP contribution in [0.5, 0.6) is 11.5 Å². The number of nitrogens with one attached hydrogen (secondary N) is 1. The quantitative estimate of drug-likeness (QED) is 0.703. The van der Waals surface area contributed by atoms with E-state index in [2.05, 4.69) is 10.3 Å². The Morgan fingerprint density at radius 2 is 2.00 bits per heavy atom. The number of methoxy groups -OCH3 is 1. The van der Waals surface area contributed by atoms with Crippen LogP contribution in [0.4, 0.5) is 13.8 Å². The molecule has 0 radical (unpaired) electrons. The van der Waals surface area contributed by atoms with Crippen molar-refractivity contribution in [2.24, 2.45) is 0 Å². The second-order valence-electron chi connectivity index (χ2n) is 5.17. The van der Waals surface area contributed by atoms with E-state index in [0.29, 0.717) is 21.5 Å². The van der Waals surface area contributed by atoms with E-state index in [9.17, 15) is 13.6 Å². The second kappa shape index (κ2) is 7.92. The van der Waals surface area contributed by atoms with Gasteiger partial charge in [0.05, 0.1) is 13.3 Å². The number of aromatic nitrogens is 1. The van der Waals surface area contributed by atoms with Gasteiger partial charge in [0.15, 0.2) is 6.61 Å². The van der Waals surface area contributed by atoms with Crippen LogP contribution < -0.4 is 14.8 Å². The van der Waals surface area contributed by atoms with Crippen molar-refractivity contribution in [1.82, 2.24) is 4.98 Å². The Morgan fingerprint density at radius 1 is 1.19 bits per heavy atom. The summed E-state index contributed by atoms with van der Waals surface area (Å²) in [6.45, 7) is -0.203. The molecule has 2 aromatic carbocycles. The minimum atomic E-state index is -0.710. The first kappa shape index (κ1) is 17.8. The molecule has 1 aromatic heterocycles. The molecule has 1 amide bonds. The van der Waals surface area contributed by atoms with E-state index in [1.54, 1.807) is 24.3 Å². The molecule has 1 heterocycles. The summed E-state index contributed by atoms with van der Waals surface area (Å²) in [5.74, 6) is -0.638. The van der Waals surface area contributed by atoms with Gasteiger partial charge in [-0.3, -0.25) is 4.79 Å². The second-order valence-corrected chi connectivity index (χ2v) is 6.20. The number of carbonyl (C=O) groups excluding carboxylic acids is 1. The van der Waals surface area contributed by atoms with Gasteiger partial charge in [-0.2, -0.15) is 0 Å². The van der Waals surface area contributed by atoms with Gasteiger partial charge in [-0.1, -0.05) is 17.4 Å². The highest BCUT2D eigenvalue weighted by Gasteiger charge is 2.12. The van der Waals surface area contributed by atoms with Gasteiger partial charge in [0.1, 0.15) is 33.1 Å². The smallest absolute Gasteiger partial charge is 0.262 e. The first-order valence-electron chi connectivity index (χ1n) is 7.53. The van der Waals surface area contributed by atoms with Crippen molar-refractivity contribution in [3.05, 3.63) is 60.3 Å². The minimum Gasteiger partial charge on any atom is -0.497 e. The maximum Gasteiger partial charge on any atom is 0.262 e. The number of rotatable bonds is 6. The number of amides is 1. The van der Waals surface area contributed by atoms with E-state index < -0.39 is 11.6 Å². The molecular weight excluding hydrogens is 362 g/mol. The third-order valence-corrected chi connectivity index (χ3v) is 4.29. The number of ether oxygens (including phenoxy) is 2. The summed E-state index contributed by atoms with van der Waals surface area (Å²) in [7, 11) is 1.54. The van der Waals surface area contributed by atoms with Gasteiger partial charge >= 0.3 is 0 Å². The van der Waals surface area contributed by atoms with Gasteiger partial charge in [-0.05, 0) is 24.3 Å². The van der Waals surface area contributed by atoms with Crippen molar-refractivity contribution in [2.75, 3.05) is 19.0 Å². The monoisotopic (exact) mass is 376 g/mol. The third kappa shape index (κ3) is 4.34. The molecule has 0 unspecified atom stereocenters. The molecule has 0 spiro atoms. The Bertz CT molecular complexity index is 930. The highest BCUT2D eigenvalue weighted by molar-refractivity contribution is 7.19. The molecule has 0 bridgehead atoms. The number of nitrogens with zero attached hydrogens (tertiary/aromatic N) is 1. The first-order valence-corrected chi connectivity index (χ1v) is 8.35. The van der Waals surface area contributed by atoms with Gasteiger partial charge < -0.3 is 14.8 Å². The summed E-state index contributed by atoms with van der Waals surface area (Å²) in [5.41, 5.74) is 0.171. The molecule has 1 N–H and O–H groups in total. The number of anilines is 1. The summed E-state index contributed by atoms with van der Waals surface area (Å²) >= 11 is 1.08. The predicted molar refractivity (Wildman–Crippen MR) is 94.6 cm³/mol. The lowest BCUT2D eigenvalue weighted by atomic mass is 10.2. The molecule has 3 rings (SSSR count). The summed E-state index contributed by atoms with van der Waals surface area (Å²) < 4.78 is 37.2. The van der Waals surface area contributed by atoms with Gasteiger partial charge in [-0.15, -0.1) is 0 Å². The molecular formula is C18H14F2N2O3S. The lowest BCUT2D eigenvalue weighted by Gasteiger charge is -2.07. The molecule has 0 aliphatic rings. The van der Waals surface area contributed by atoms with Crippen molar-refractivity contribution in [3.63, 3.8) is 0 Å². The predicted octanol–water partition coefficient (Wildman–Crippen LogP) is 4.11. The van der Waals surface area contributed by atoms with Crippen LogP contribution in [0.1, 0.15) is 0 Å². The normalized spacial score (nSPS) is 10.4. The molecule has 0 saturated carbocycles. The average Bonchev–Trinajstić information content (AvgIpc) is 3.08. The van der Waals surface area contributed by atoms with Crippen LogP contribution in [-0.4, -0.2) is 24.6 Å². The van der Waals surface area contributed by atoms with E-state index in [4.69, 9.17) is 9.47 Å². The number of benzene rings is 2. The summed E-state index contributed by atoms with van der Waals surface area (Å²) in [4.78, 5) is 16.0. The molecule has 3 aromatic rings. The highest BCUT2D eigenvalue weighted by Crippen LogP contribution is 2.30. The van der Waals surface area contributed by atoms with E-state index in [1.807, 2.05) is 0 Å². The van der Waals surface area contributed by atoms with Gasteiger partial charge in [0, 0.05) is 17.7 Å². The van der Waals surface area contributed by atoms with Crippen LogP contribution in [0.15, 0.2) is 48.7 Å². The molecule has 0 aliphatic heterocycles. The van der Waals surface area contributed by atoms with Gasteiger partial charge in [0.2, 0.25) is 0 Å². The van der Waals surface area contributed by atoms with E-state index >= 15 is 0 Å². The molecule has 8 heteroatoms. The Morgan fingerprint density at radius 3 is 2.77 bits per heavy atom. The molecule has 26 heavy (non-hydrogen) atoms. The molecule has 0 saturated heterocycles. The number of thiazole rings is 1. The van der Waals surface area contributed by atoms with E-state index in [0.717, 1.165) is 23.5 Å². The summed E-state index contributed by atoms with van der Waals surface area (Å²) in [6, 6.07) is 10.1. The fourth-order valence-electron chi connectivity index (χ4n) is 2.13. The lowest BCUT2D eigenvalue weighted by molar-refractivity contribution is -0.118. The fraction of sp³-hybridized carbons (Fsp3) is 0.111. The summed E-state index contributed by atoms with van der Waals surface area (Å²) in [6.07, 6.45) is 1.41. The van der Waals surface area contributed by atoms with Gasteiger partial charge in [-0.25, -0.2) is 13.8 Å². The minimum absolute atomic E-state index is 0.171. The lowest BCUT2D eigenvalue weighted by Crippen LogP contribution is -2.19. The number of halogens is 2. The standard InChI is InChI=1S/C18H14F2N2O3S/c1-24-12-3-2-4-13(8-12)25-10-16(23)22-17-9-21-18(26-17)14-6-5-11(19)7-15(14)20/h2-9H,10H2,1H3,(H,22,23). The number of hydrogen-bond acceptors (Lipinski definition) is 5.